The molecule has 8 heteroatoms. The van der Waals surface area contributed by atoms with Crippen LogP contribution in [0.2, 0.25) is 0 Å². The molecular formula is C17H25N3O4S. The highest BCUT2D eigenvalue weighted by molar-refractivity contribution is 7.88. The molecule has 25 heavy (non-hydrogen) atoms. The number of carbonyl (C=O) groups is 2. The molecule has 1 unspecified atom stereocenters. The Kier molecular flexibility index (Phi) is 6.18. The predicted molar refractivity (Wildman–Crippen MR) is 97.7 cm³/mol. The molecule has 1 fully saturated rings. The van der Waals surface area contributed by atoms with E-state index in [2.05, 4.69) is 10.6 Å². The molecule has 0 spiro atoms. The molecule has 1 aliphatic rings. The summed E-state index contributed by atoms with van der Waals surface area (Å²) in [6, 6.07) is 6.13. The van der Waals surface area contributed by atoms with E-state index in [4.69, 9.17) is 0 Å². The quantitative estimate of drug-likeness (QED) is 0.832. The minimum Gasteiger partial charge on any atom is -0.326 e. The first kappa shape index (κ1) is 19.4. The summed E-state index contributed by atoms with van der Waals surface area (Å²) in [7, 11) is -3.43. The van der Waals surface area contributed by atoms with Crippen molar-refractivity contribution in [2.45, 2.75) is 39.2 Å². The molecule has 1 saturated heterocycles. The monoisotopic (exact) mass is 367 g/mol. The molecule has 0 bridgehead atoms. The van der Waals surface area contributed by atoms with E-state index in [0.29, 0.717) is 24.3 Å². The van der Waals surface area contributed by atoms with Crippen LogP contribution in [-0.4, -0.2) is 43.4 Å². The third kappa shape index (κ3) is 5.27. The van der Waals surface area contributed by atoms with E-state index in [1.807, 2.05) is 0 Å². The number of benzene rings is 1. The average molecular weight is 367 g/mol. The fourth-order valence-electron chi connectivity index (χ4n) is 2.75. The van der Waals surface area contributed by atoms with E-state index < -0.39 is 16.1 Å². The normalized spacial score (nSPS) is 18.8. The maximum absolute atomic E-state index is 12.6. The Hall–Kier alpha value is -1.93. The summed E-state index contributed by atoms with van der Waals surface area (Å²) in [5.41, 5.74) is 1.10. The van der Waals surface area contributed by atoms with Crippen molar-refractivity contribution in [1.29, 1.82) is 0 Å². The zero-order chi connectivity index (χ0) is 18.6. The summed E-state index contributed by atoms with van der Waals surface area (Å²) in [6.45, 7) is 3.95. The van der Waals surface area contributed by atoms with Crippen LogP contribution in [0.4, 0.5) is 11.4 Å². The summed E-state index contributed by atoms with van der Waals surface area (Å²) in [5.74, 6) is -0.611. The largest absolute Gasteiger partial charge is 0.326 e. The molecule has 2 N–H and O–H groups in total. The molecule has 1 heterocycles. The van der Waals surface area contributed by atoms with Crippen molar-refractivity contribution in [3.63, 3.8) is 0 Å². The second kappa shape index (κ2) is 7.97. The predicted octanol–water partition coefficient (Wildman–Crippen LogP) is 2.03. The number of carbonyl (C=O) groups excluding carboxylic acids is 2. The molecule has 0 aliphatic carbocycles. The number of rotatable bonds is 5. The number of piperidine rings is 1. The Morgan fingerprint density at radius 2 is 1.80 bits per heavy atom. The molecule has 2 rings (SSSR count). The molecule has 1 aliphatic heterocycles. The van der Waals surface area contributed by atoms with Gasteiger partial charge >= 0.3 is 0 Å². The van der Waals surface area contributed by atoms with Crippen LogP contribution < -0.4 is 10.6 Å². The van der Waals surface area contributed by atoms with Gasteiger partial charge in [0.2, 0.25) is 21.8 Å². The number of hydrogen-bond acceptors (Lipinski definition) is 4. The lowest BCUT2D eigenvalue weighted by Crippen LogP contribution is -2.49. The van der Waals surface area contributed by atoms with E-state index in [-0.39, 0.29) is 17.7 Å². The van der Waals surface area contributed by atoms with Crippen LogP contribution in [0.1, 0.15) is 33.1 Å². The third-order valence-corrected chi connectivity index (χ3v) is 5.39. The fraction of sp³-hybridized carbons (Fsp3) is 0.529. The van der Waals surface area contributed by atoms with E-state index in [9.17, 15) is 18.0 Å². The van der Waals surface area contributed by atoms with Gasteiger partial charge in [0.1, 0.15) is 6.04 Å². The van der Waals surface area contributed by atoms with E-state index >= 15 is 0 Å². The van der Waals surface area contributed by atoms with Gasteiger partial charge in [0.25, 0.3) is 0 Å². The molecule has 0 saturated carbocycles. The zero-order valence-corrected chi connectivity index (χ0v) is 15.6. The fourth-order valence-corrected chi connectivity index (χ4v) is 3.88. The summed E-state index contributed by atoms with van der Waals surface area (Å²) >= 11 is 0. The van der Waals surface area contributed by atoms with Crippen LogP contribution in [0.5, 0.6) is 0 Å². The lowest BCUT2D eigenvalue weighted by atomic mass is 10.0. The smallest absolute Gasteiger partial charge is 0.242 e. The van der Waals surface area contributed by atoms with Gasteiger partial charge in [0, 0.05) is 23.8 Å². The Morgan fingerprint density at radius 1 is 1.16 bits per heavy atom. The van der Waals surface area contributed by atoms with E-state index in [1.165, 1.54) is 4.31 Å². The van der Waals surface area contributed by atoms with Gasteiger partial charge in [0.05, 0.1) is 6.26 Å². The van der Waals surface area contributed by atoms with Crippen molar-refractivity contribution in [3.8, 4) is 0 Å². The van der Waals surface area contributed by atoms with Gasteiger partial charge in [-0.1, -0.05) is 26.3 Å². The van der Waals surface area contributed by atoms with Crippen LogP contribution in [-0.2, 0) is 19.6 Å². The molecule has 0 radical (unpaired) electrons. The molecule has 1 atom stereocenters. The van der Waals surface area contributed by atoms with Crippen molar-refractivity contribution in [2.75, 3.05) is 23.4 Å². The lowest BCUT2D eigenvalue weighted by molar-refractivity contribution is -0.120. The summed E-state index contributed by atoms with van der Waals surface area (Å²) < 4.78 is 25.0. The first-order valence-electron chi connectivity index (χ1n) is 8.37. The zero-order valence-electron chi connectivity index (χ0n) is 14.8. The second-order valence-corrected chi connectivity index (χ2v) is 8.53. The minimum absolute atomic E-state index is 0.112. The first-order valence-corrected chi connectivity index (χ1v) is 10.2. The highest BCUT2D eigenvalue weighted by atomic mass is 32.2. The van der Waals surface area contributed by atoms with Gasteiger partial charge in [0.15, 0.2) is 0 Å². The number of hydrogen-bond donors (Lipinski definition) is 2. The molecule has 1 aromatic rings. The molecule has 2 amide bonds. The molecule has 7 nitrogen and oxygen atoms in total. The number of nitrogens with zero attached hydrogens (tertiary/aromatic N) is 1. The number of nitrogens with one attached hydrogen (secondary N) is 2. The van der Waals surface area contributed by atoms with Crippen LogP contribution in [0.25, 0.3) is 0 Å². The Morgan fingerprint density at radius 3 is 2.40 bits per heavy atom. The maximum Gasteiger partial charge on any atom is 0.242 e. The van der Waals surface area contributed by atoms with Crippen molar-refractivity contribution in [3.05, 3.63) is 24.3 Å². The van der Waals surface area contributed by atoms with Crippen molar-refractivity contribution >= 4 is 33.2 Å². The van der Waals surface area contributed by atoms with Gasteiger partial charge in [-0.3, -0.25) is 9.59 Å². The third-order valence-electron chi connectivity index (χ3n) is 4.10. The van der Waals surface area contributed by atoms with E-state index in [0.717, 1.165) is 19.1 Å². The topological polar surface area (TPSA) is 95.6 Å². The average Bonchev–Trinajstić information content (AvgIpc) is 2.54. The van der Waals surface area contributed by atoms with Gasteiger partial charge < -0.3 is 10.6 Å². The molecule has 1 aromatic carbocycles. The van der Waals surface area contributed by atoms with Crippen molar-refractivity contribution in [2.24, 2.45) is 5.92 Å². The second-order valence-electron chi connectivity index (χ2n) is 6.60. The van der Waals surface area contributed by atoms with E-state index in [1.54, 1.807) is 38.1 Å². The van der Waals surface area contributed by atoms with Gasteiger partial charge in [-0.2, -0.15) is 4.31 Å². The first-order chi connectivity index (χ1) is 11.7. The van der Waals surface area contributed by atoms with Gasteiger partial charge in [-0.15, -0.1) is 0 Å². The Balaban J connectivity index is 2.10. The van der Waals surface area contributed by atoms with Crippen LogP contribution in [0, 0.1) is 5.92 Å². The van der Waals surface area contributed by atoms with Crippen LogP contribution in [0.15, 0.2) is 24.3 Å². The summed E-state index contributed by atoms with van der Waals surface area (Å²) in [4.78, 5) is 24.3. The van der Waals surface area contributed by atoms with Gasteiger partial charge in [-0.05, 0) is 31.0 Å². The number of anilines is 2. The molecular weight excluding hydrogens is 342 g/mol. The van der Waals surface area contributed by atoms with Crippen molar-refractivity contribution < 1.29 is 18.0 Å². The standard InChI is InChI=1S/C17H25N3O4S/c1-12(2)16(21)18-13-7-6-8-14(11-13)19-17(22)15-9-4-5-10-20(15)25(3,23)24/h6-8,11-12,15H,4-5,9-10H2,1-3H3,(H,18,21)(H,19,22). The summed E-state index contributed by atoms with van der Waals surface area (Å²) in [6.07, 6.45) is 3.20. The Labute approximate surface area is 148 Å². The lowest BCUT2D eigenvalue weighted by Gasteiger charge is -2.32. The van der Waals surface area contributed by atoms with Gasteiger partial charge in [-0.25, -0.2) is 8.42 Å². The highest BCUT2D eigenvalue weighted by Crippen LogP contribution is 2.22. The highest BCUT2D eigenvalue weighted by Gasteiger charge is 2.34. The Bertz CT molecular complexity index is 746. The van der Waals surface area contributed by atoms with Crippen LogP contribution >= 0.6 is 0 Å². The SMILES string of the molecule is CC(C)C(=O)Nc1cccc(NC(=O)C2CCCCN2S(C)(=O)=O)c1. The number of amides is 2. The number of sulfonamides is 1. The molecule has 0 aromatic heterocycles. The summed E-state index contributed by atoms with van der Waals surface area (Å²) in [5, 5.41) is 5.53. The molecule has 138 valence electrons. The van der Waals surface area contributed by atoms with Crippen molar-refractivity contribution in [1.82, 2.24) is 4.31 Å². The van der Waals surface area contributed by atoms with Crippen LogP contribution in [0.3, 0.4) is 0 Å². The minimum atomic E-state index is -3.43. The maximum atomic E-state index is 12.6.